The maximum absolute atomic E-state index is 12.3. The van der Waals surface area contributed by atoms with E-state index in [9.17, 15) is 4.79 Å². The number of carbonyl (C=O) groups is 1. The fraction of sp³-hybridized carbons (Fsp3) is 0.231. The van der Waals surface area contributed by atoms with Gasteiger partial charge in [-0.3, -0.25) is 4.79 Å². The van der Waals surface area contributed by atoms with Crippen LogP contribution in [0.5, 0.6) is 0 Å². The van der Waals surface area contributed by atoms with Crippen molar-refractivity contribution in [2.24, 2.45) is 0 Å². The van der Waals surface area contributed by atoms with Crippen molar-refractivity contribution in [2.75, 3.05) is 7.05 Å². The maximum atomic E-state index is 12.3. The summed E-state index contributed by atoms with van der Waals surface area (Å²) < 4.78 is 0.724. The van der Waals surface area contributed by atoms with Gasteiger partial charge >= 0.3 is 0 Å². The molecule has 0 spiro atoms. The number of amides is 1. The van der Waals surface area contributed by atoms with Crippen LogP contribution in [0.2, 0.25) is 5.02 Å². The highest BCUT2D eigenvalue weighted by Gasteiger charge is 2.17. The fourth-order valence-corrected chi connectivity index (χ4v) is 3.08. The summed E-state index contributed by atoms with van der Waals surface area (Å²) in [5.74, 6) is -0.0997. The summed E-state index contributed by atoms with van der Waals surface area (Å²) in [5, 5.41) is 1.44. The van der Waals surface area contributed by atoms with Crippen molar-refractivity contribution in [2.45, 2.75) is 13.5 Å². The van der Waals surface area contributed by atoms with E-state index in [1.165, 1.54) is 0 Å². The van der Waals surface area contributed by atoms with E-state index in [2.05, 4.69) is 20.9 Å². The lowest BCUT2D eigenvalue weighted by molar-refractivity contribution is 0.0786. The van der Waals surface area contributed by atoms with Crippen LogP contribution in [0.15, 0.2) is 28.9 Å². The zero-order valence-electron chi connectivity index (χ0n) is 10.5. The molecule has 100 valence electrons. The van der Waals surface area contributed by atoms with Gasteiger partial charge in [0.25, 0.3) is 5.91 Å². The van der Waals surface area contributed by atoms with Gasteiger partial charge in [-0.25, -0.2) is 4.98 Å². The van der Waals surface area contributed by atoms with E-state index in [1.807, 2.05) is 13.0 Å². The molecule has 6 heteroatoms. The Morgan fingerprint density at radius 1 is 1.53 bits per heavy atom. The van der Waals surface area contributed by atoms with Gasteiger partial charge in [-0.2, -0.15) is 0 Å². The number of thiazole rings is 1. The Hall–Kier alpha value is -0.910. The molecule has 0 saturated carbocycles. The van der Waals surface area contributed by atoms with Gasteiger partial charge in [-0.15, -0.1) is 11.3 Å². The van der Waals surface area contributed by atoms with Gasteiger partial charge in [0.05, 0.1) is 22.1 Å². The SMILES string of the molecule is Cc1ncc(CN(C)C(=O)c2cccc(Br)c2Cl)s1. The maximum Gasteiger partial charge on any atom is 0.255 e. The Morgan fingerprint density at radius 3 is 2.89 bits per heavy atom. The number of halogens is 2. The van der Waals surface area contributed by atoms with E-state index in [1.54, 1.807) is 41.6 Å². The summed E-state index contributed by atoms with van der Waals surface area (Å²) in [7, 11) is 1.76. The van der Waals surface area contributed by atoms with Crippen LogP contribution in [0, 0.1) is 6.92 Å². The minimum Gasteiger partial charge on any atom is -0.336 e. The lowest BCUT2D eigenvalue weighted by Gasteiger charge is -2.17. The number of hydrogen-bond donors (Lipinski definition) is 0. The summed E-state index contributed by atoms with van der Waals surface area (Å²) in [6.45, 7) is 2.48. The number of nitrogens with zero attached hydrogens (tertiary/aromatic N) is 2. The van der Waals surface area contributed by atoms with Gasteiger partial charge in [0.2, 0.25) is 0 Å². The predicted molar refractivity (Wildman–Crippen MR) is 81.8 cm³/mol. The summed E-state index contributed by atoms with van der Waals surface area (Å²) >= 11 is 11.0. The van der Waals surface area contributed by atoms with Crippen LogP contribution in [-0.4, -0.2) is 22.8 Å². The van der Waals surface area contributed by atoms with Crippen LogP contribution in [0.25, 0.3) is 0 Å². The van der Waals surface area contributed by atoms with E-state index in [0.29, 0.717) is 17.1 Å². The number of rotatable bonds is 3. The second kappa shape index (κ2) is 6.03. The number of benzene rings is 1. The third-order valence-electron chi connectivity index (χ3n) is 2.59. The largest absolute Gasteiger partial charge is 0.336 e. The van der Waals surface area contributed by atoms with Crippen LogP contribution in [0.4, 0.5) is 0 Å². The highest BCUT2D eigenvalue weighted by molar-refractivity contribution is 9.10. The standard InChI is InChI=1S/C13H12BrClN2OS/c1-8-16-6-9(19-8)7-17(2)13(18)10-4-3-5-11(14)12(10)15/h3-6H,7H2,1-2H3. The lowest BCUT2D eigenvalue weighted by Crippen LogP contribution is -2.26. The van der Waals surface area contributed by atoms with Crippen molar-refractivity contribution in [1.29, 1.82) is 0 Å². The molecule has 0 bridgehead atoms. The van der Waals surface area contributed by atoms with Crippen molar-refractivity contribution in [1.82, 2.24) is 9.88 Å². The molecule has 0 aliphatic rings. The van der Waals surface area contributed by atoms with Crippen molar-refractivity contribution < 1.29 is 4.79 Å². The minimum absolute atomic E-state index is 0.0997. The molecular weight excluding hydrogens is 348 g/mol. The van der Waals surface area contributed by atoms with E-state index in [0.717, 1.165) is 14.4 Å². The van der Waals surface area contributed by atoms with E-state index >= 15 is 0 Å². The molecule has 2 rings (SSSR count). The van der Waals surface area contributed by atoms with Gasteiger partial charge in [0.15, 0.2) is 0 Å². The van der Waals surface area contributed by atoms with Gasteiger partial charge in [-0.05, 0) is 35.0 Å². The third kappa shape index (κ3) is 3.35. The average Bonchev–Trinajstić information content (AvgIpc) is 2.77. The smallest absolute Gasteiger partial charge is 0.255 e. The van der Waals surface area contributed by atoms with E-state index in [-0.39, 0.29) is 5.91 Å². The van der Waals surface area contributed by atoms with Gasteiger partial charge in [0, 0.05) is 22.6 Å². The molecular formula is C13H12BrClN2OS. The first-order valence-corrected chi connectivity index (χ1v) is 7.58. The molecule has 1 aromatic carbocycles. The van der Waals surface area contributed by atoms with Gasteiger partial charge in [-0.1, -0.05) is 17.7 Å². The summed E-state index contributed by atoms with van der Waals surface area (Å²) in [6.07, 6.45) is 1.80. The third-order valence-corrected chi connectivity index (χ3v) is 4.78. The van der Waals surface area contributed by atoms with E-state index in [4.69, 9.17) is 11.6 Å². The fourth-order valence-electron chi connectivity index (χ4n) is 1.66. The van der Waals surface area contributed by atoms with Gasteiger partial charge in [0.1, 0.15) is 0 Å². The molecule has 0 radical (unpaired) electrons. The molecule has 2 aromatic rings. The molecule has 1 amide bonds. The van der Waals surface area contributed by atoms with Crippen LogP contribution in [-0.2, 0) is 6.54 Å². The topological polar surface area (TPSA) is 33.2 Å². The quantitative estimate of drug-likeness (QED) is 0.825. The minimum atomic E-state index is -0.0997. The predicted octanol–water partition coefficient (Wildman–Crippen LogP) is 4.14. The molecule has 0 aliphatic carbocycles. The Balaban J connectivity index is 2.17. The van der Waals surface area contributed by atoms with Crippen molar-refractivity contribution in [3.05, 3.63) is 49.3 Å². The Morgan fingerprint density at radius 2 is 2.26 bits per heavy atom. The van der Waals surface area contributed by atoms with Crippen LogP contribution >= 0.6 is 38.9 Å². The molecule has 0 fully saturated rings. The number of carbonyl (C=O) groups excluding carboxylic acids is 1. The molecule has 1 aromatic heterocycles. The van der Waals surface area contributed by atoms with Crippen molar-refractivity contribution in [3.8, 4) is 0 Å². The number of hydrogen-bond acceptors (Lipinski definition) is 3. The molecule has 0 unspecified atom stereocenters. The normalized spacial score (nSPS) is 10.5. The Kier molecular flexibility index (Phi) is 4.60. The summed E-state index contributed by atoms with van der Waals surface area (Å²) in [4.78, 5) is 19.2. The first kappa shape index (κ1) is 14.5. The second-order valence-corrected chi connectivity index (χ2v) is 6.66. The molecule has 0 N–H and O–H groups in total. The van der Waals surface area contributed by atoms with Crippen LogP contribution < -0.4 is 0 Å². The lowest BCUT2D eigenvalue weighted by atomic mass is 10.2. The molecule has 1 heterocycles. The zero-order valence-corrected chi connectivity index (χ0v) is 13.6. The highest BCUT2D eigenvalue weighted by Crippen LogP contribution is 2.27. The first-order chi connectivity index (χ1) is 8.99. The highest BCUT2D eigenvalue weighted by atomic mass is 79.9. The number of aryl methyl sites for hydroxylation is 1. The molecule has 19 heavy (non-hydrogen) atoms. The van der Waals surface area contributed by atoms with Crippen molar-refractivity contribution in [3.63, 3.8) is 0 Å². The summed E-state index contributed by atoms with van der Waals surface area (Å²) in [5.41, 5.74) is 0.500. The summed E-state index contributed by atoms with van der Waals surface area (Å²) in [6, 6.07) is 5.34. The van der Waals surface area contributed by atoms with Gasteiger partial charge < -0.3 is 4.90 Å². The molecule has 0 atom stereocenters. The average molecular weight is 360 g/mol. The molecule has 3 nitrogen and oxygen atoms in total. The monoisotopic (exact) mass is 358 g/mol. The van der Waals surface area contributed by atoms with Crippen LogP contribution in [0.1, 0.15) is 20.2 Å². The first-order valence-electron chi connectivity index (χ1n) is 5.60. The number of aromatic nitrogens is 1. The Labute approximate surface area is 129 Å². The van der Waals surface area contributed by atoms with Crippen LogP contribution in [0.3, 0.4) is 0 Å². The zero-order chi connectivity index (χ0) is 14.0. The Bertz CT molecular complexity index is 614. The van der Waals surface area contributed by atoms with Crippen molar-refractivity contribution >= 4 is 44.8 Å². The molecule has 0 saturated heterocycles. The van der Waals surface area contributed by atoms with E-state index < -0.39 is 0 Å². The molecule has 0 aliphatic heterocycles. The second-order valence-electron chi connectivity index (χ2n) is 4.11.